The smallest absolute Gasteiger partial charge is 0.240 e. The average molecular weight is 1800 g/mol. The van der Waals surface area contributed by atoms with Gasteiger partial charge >= 0.3 is 5.82 Å². The summed E-state index contributed by atoms with van der Waals surface area (Å²) in [5, 5.41) is 27.3. The molecule has 9 heterocycles. The zero-order valence-electron chi connectivity index (χ0n) is 84.2. The lowest BCUT2D eigenvalue weighted by atomic mass is 9.98. The summed E-state index contributed by atoms with van der Waals surface area (Å²) >= 11 is 1.88. The number of fused-ring (bicyclic) bond motifs is 14. The Morgan fingerprint density at radius 3 is 1.28 bits per heavy atom. The van der Waals surface area contributed by atoms with Crippen LogP contribution in [0.2, 0.25) is 0 Å². The van der Waals surface area contributed by atoms with Gasteiger partial charge in [-0.15, -0.1) is 16.0 Å². The van der Waals surface area contributed by atoms with Gasteiger partial charge in [-0.05, 0) is 216 Å². The Balaban J connectivity index is 0.000000123. The molecule has 0 fully saturated rings. The van der Waals surface area contributed by atoms with E-state index < -0.39 is 0 Å². The third-order valence-corrected chi connectivity index (χ3v) is 28.9. The second-order valence-electron chi connectivity index (χ2n) is 35.5. The van der Waals surface area contributed by atoms with Crippen LogP contribution in [0, 0.1) is 76.2 Å². The maximum absolute atomic E-state index is 4.74. The van der Waals surface area contributed by atoms with Gasteiger partial charge in [-0.25, -0.2) is 19.1 Å². The molecule has 0 bridgehead atoms. The van der Waals surface area contributed by atoms with Crippen LogP contribution < -0.4 is 36.8 Å². The van der Waals surface area contributed by atoms with Crippen LogP contribution >= 0.6 is 11.3 Å². The van der Waals surface area contributed by atoms with Gasteiger partial charge in [-0.2, -0.15) is 18.3 Å². The first-order valence-corrected chi connectivity index (χ1v) is 48.6. The quantitative estimate of drug-likeness (QED) is 0.110. The molecular formula is C118H135N15S+8. The van der Waals surface area contributed by atoms with E-state index in [0.717, 1.165) is 107 Å². The molecule has 0 atom stereocenters. The largest absolute Gasteiger partial charge is 0.318 e. The molecule has 9 aromatic heterocycles. The number of hydrogen-bond donors (Lipinski definition) is 0. The molecule has 0 amide bonds. The third-order valence-electron chi connectivity index (χ3n) is 27.6. The van der Waals surface area contributed by atoms with Crippen molar-refractivity contribution in [3.8, 4) is 0 Å². The molecule has 16 heteroatoms. The molecular weight excluding hydrogens is 1660 g/mol. The maximum Gasteiger partial charge on any atom is 0.318 e. The first-order chi connectivity index (χ1) is 64.5. The van der Waals surface area contributed by atoms with E-state index in [2.05, 4.69) is 432 Å². The molecule has 0 radical (unpaired) electrons. The topological polar surface area (TPSA) is 121 Å². The Hall–Kier alpha value is -13.6. The molecule has 134 heavy (non-hydrogen) atoms. The second-order valence-corrected chi connectivity index (χ2v) is 36.6. The summed E-state index contributed by atoms with van der Waals surface area (Å²) in [5.41, 5.74) is 35.2. The number of rotatable bonds is 8. The van der Waals surface area contributed by atoms with E-state index in [4.69, 9.17) is 4.98 Å². The van der Waals surface area contributed by atoms with Gasteiger partial charge in [0.15, 0.2) is 29.5 Å². The molecule has 21 aromatic rings. The van der Waals surface area contributed by atoms with Crippen LogP contribution in [0.3, 0.4) is 0 Å². The predicted octanol–water partition coefficient (Wildman–Crippen LogP) is 22.8. The molecule has 0 aliphatic rings. The Morgan fingerprint density at radius 2 is 0.694 bits per heavy atom. The van der Waals surface area contributed by atoms with E-state index in [0.29, 0.717) is 0 Å². The zero-order chi connectivity index (χ0) is 95.8. The fraction of sp³-hybridized carbons (Fsp3) is 0.297. The fourth-order valence-corrected chi connectivity index (χ4v) is 21.2. The molecule has 680 valence electrons. The lowest BCUT2D eigenvalue weighted by Gasteiger charge is -2.10. The molecule has 0 aliphatic carbocycles. The summed E-state index contributed by atoms with van der Waals surface area (Å²) in [6.07, 6.45) is 12.0. The van der Waals surface area contributed by atoms with E-state index in [1.165, 1.54) is 191 Å². The van der Waals surface area contributed by atoms with Gasteiger partial charge < -0.3 is 0 Å². The monoisotopic (exact) mass is 1790 g/mol. The lowest BCUT2D eigenvalue weighted by molar-refractivity contribution is -0.738. The summed E-state index contributed by atoms with van der Waals surface area (Å²) in [7, 11) is 16.7. The number of para-hydroxylation sites is 4. The molecule has 0 spiro atoms. The Kier molecular flexibility index (Phi) is 30.3. The minimum absolute atomic E-state index is 0.910. The predicted molar refractivity (Wildman–Crippen MR) is 558 cm³/mol. The highest BCUT2D eigenvalue weighted by atomic mass is 32.1. The van der Waals surface area contributed by atoms with Gasteiger partial charge in [0, 0.05) is 112 Å². The van der Waals surface area contributed by atoms with Crippen molar-refractivity contribution in [3.63, 3.8) is 0 Å². The van der Waals surface area contributed by atoms with E-state index >= 15 is 0 Å². The van der Waals surface area contributed by atoms with Crippen LogP contribution in [0.25, 0.3) is 140 Å². The number of nitrogens with zero attached hydrogens (tertiary/aromatic N) is 15. The number of pyridine rings is 2. The number of hydrogen-bond acceptors (Lipinski definition) is 8. The fourth-order valence-electron chi connectivity index (χ4n) is 19.7. The van der Waals surface area contributed by atoms with Crippen molar-refractivity contribution in [1.82, 2.24) is 35.1 Å². The molecule has 0 unspecified atom stereocenters. The molecule has 0 N–H and O–H groups in total. The average Bonchev–Trinajstić information content (AvgIpc) is 1.45. The van der Waals surface area contributed by atoms with Crippen LogP contribution in [0.1, 0.15) is 163 Å². The molecule has 15 nitrogen and oxygen atoms in total. The molecule has 12 aromatic carbocycles. The van der Waals surface area contributed by atoms with Crippen LogP contribution in [0.4, 0.5) is 0 Å². The van der Waals surface area contributed by atoms with Crippen molar-refractivity contribution in [2.45, 2.75) is 183 Å². The van der Waals surface area contributed by atoms with Crippen LogP contribution in [0.5, 0.6) is 0 Å². The Morgan fingerprint density at radius 1 is 0.246 bits per heavy atom. The van der Waals surface area contributed by atoms with Crippen molar-refractivity contribution >= 4 is 151 Å². The molecule has 21 rings (SSSR count). The van der Waals surface area contributed by atoms with Crippen molar-refractivity contribution < 1.29 is 36.8 Å². The van der Waals surface area contributed by atoms with Gasteiger partial charge in [-0.3, -0.25) is 0 Å². The number of benzene rings is 12. The lowest BCUT2D eigenvalue weighted by Crippen LogP contribution is -2.39. The molecule has 0 saturated heterocycles. The van der Waals surface area contributed by atoms with Crippen molar-refractivity contribution in [3.05, 3.63) is 338 Å². The number of thiophene rings is 1. The van der Waals surface area contributed by atoms with E-state index in [1.54, 1.807) is 0 Å². The summed E-state index contributed by atoms with van der Waals surface area (Å²) in [4.78, 5) is 23.1. The van der Waals surface area contributed by atoms with Crippen LogP contribution in [-0.4, -0.2) is 35.1 Å². The Labute approximate surface area is 795 Å². The SMILES string of the molecule is CCc1c(C)c(C)c2cc3ccccc3cc2[n+]1C.CCc1c(C)c(C)c2ccccc2[n+]1C.CCc1c(C)nc2cc3ccccc3cc2[n+]1C.CCc1c(C)nc2ccccc2[n+]1C.CCc1c2cc3ccccc3c(C)c2nc[n+]1C.CCc1c2cc3ccccc3cc2c(C)n[n+]1C.CCc1c2sc3c(C)c(C)ccc3c2nc[n+]1C.CCc1nc2c(C)cccc2n[n+]1C. The zero-order valence-corrected chi connectivity index (χ0v) is 85.0. The van der Waals surface area contributed by atoms with E-state index in [1.807, 2.05) is 65.6 Å². The highest BCUT2D eigenvalue weighted by Gasteiger charge is 2.25. The van der Waals surface area contributed by atoms with Gasteiger partial charge in [0.25, 0.3) is 12.7 Å². The molecule has 0 aliphatic heterocycles. The highest BCUT2D eigenvalue weighted by Crippen LogP contribution is 2.38. The summed E-state index contributed by atoms with van der Waals surface area (Å²) < 4.78 is 20.0. The van der Waals surface area contributed by atoms with Crippen LogP contribution in [-0.2, 0) is 108 Å². The van der Waals surface area contributed by atoms with E-state index in [-0.39, 0.29) is 0 Å². The van der Waals surface area contributed by atoms with Crippen molar-refractivity contribution in [2.75, 3.05) is 0 Å². The first kappa shape index (κ1) is 96.5. The van der Waals surface area contributed by atoms with Gasteiger partial charge in [0.05, 0.1) is 36.7 Å². The van der Waals surface area contributed by atoms with Gasteiger partial charge in [0.2, 0.25) is 50.2 Å². The Bertz CT molecular complexity index is 8000. The van der Waals surface area contributed by atoms with Gasteiger partial charge in [-0.1, -0.05) is 205 Å². The minimum atomic E-state index is 0.910. The third kappa shape index (κ3) is 19.5. The number of aromatic nitrogens is 15. The van der Waals surface area contributed by atoms with Gasteiger partial charge in [0.1, 0.15) is 79.4 Å². The maximum atomic E-state index is 4.74. The summed E-state index contributed by atoms with van der Waals surface area (Å²) in [6.45, 7) is 41.2. The normalized spacial score (nSPS) is 11.2. The molecule has 0 saturated carbocycles. The van der Waals surface area contributed by atoms with Crippen molar-refractivity contribution in [2.24, 2.45) is 56.4 Å². The second kappa shape index (κ2) is 42.1. The first-order valence-electron chi connectivity index (χ1n) is 47.7. The summed E-state index contributed by atoms with van der Waals surface area (Å²) in [6, 6.07) is 77.3. The highest BCUT2D eigenvalue weighted by molar-refractivity contribution is 7.26. The standard InChI is InChI=1S/C18H20N.3C16H17N2.C15H17N2S.C14H18N.C12H15N2.C11H14N3/c1-5-17-13(3)12(2)16-10-14-8-6-7-9-15(14)11-18(16)19(17)4;1-4-15-14-9-12-7-5-6-8-13(12)11(2)16(14)17-10-18(15)3;1-4-15-11(2)17-14-9-12-7-5-6-8-13(12)10-16(14)18(15)3;1-4-16-15-10-13-8-6-5-7-12(13)9-14(15)11(2)17-18(16)3;1-5-12-15-13(16-8-17(12)4)11-7-6-9(2)10(3)14(11)18-15;1-5-13-11(3)10(2)12-8-6-7-9-14(12)15(13)4;1-4-11-9(2)13-10-7-5-6-8-12(10)14(11)3;1-4-10-12-11-8(2)6-5-7-9(11)13-14(10)3/h6-11H,5H2,1-4H3;3*5-10H,4H2,1-3H3;6-8H,5H2,1-4H3;6-9H,5H2,1-4H3;5-8H,4H2,1-3H3;5-7H,4H2,1-3H3/q8*+1. The van der Waals surface area contributed by atoms with E-state index in [9.17, 15) is 0 Å². The number of aryl methyl sites for hydroxylation is 21. The minimum Gasteiger partial charge on any atom is -0.240 e. The van der Waals surface area contributed by atoms with Crippen LogP contribution in [0.15, 0.2) is 231 Å². The van der Waals surface area contributed by atoms with Crippen molar-refractivity contribution in [1.29, 1.82) is 0 Å². The summed E-state index contributed by atoms with van der Waals surface area (Å²) in [5.74, 6) is 1.02.